The van der Waals surface area contributed by atoms with Crippen LogP contribution < -0.4 is 19.5 Å². The first-order valence-electron chi connectivity index (χ1n) is 12.4. The Hall–Kier alpha value is -4.53. The predicted molar refractivity (Wildman–Crippen MR) is 146 cm³/mol. The Kier molecular flexibility index (Phi) is 8.39. The van der Waals surface area contributed by atoms with Crippen molar-refractivity contribution in [3.63, 3.8) is 0 Å². The van der Waals surface area contributed by atoms with Crippen LogP contribution in [0.2, 0.25) is 0 Å². The number of carboxylic acid groups (broad SMARTS) is 1. The van der Waals surface area contributed by atoms with E-state index in [1.165, 1.54) is 26.4 Å². The normalized spacial score (nSPS) is 13.4. The number of aliphatic carboxylic acids is 1. The van der Waals surface area contributed by atoms with Crippen molar-refractivity contribution < 1.29 is 33.3 Å². The Morgan fingerprint density at radius 3 is 2.41 bits per heavy atom. The van der Waals surface area contributed by atoms with E-state index in [-0.39, 0.29) is 31.2 Å². The molecular weight excluding hydrogens is 503 g/mol. The molecule has 1 heterocycles. The minimum Gasteiger partial charge on any atom is -0.493 e. The van der Waals surface area contributed by atoms with Gasteiger partial charge in [-0.2, -0.15) is 0 Å². The number of ether oxygens (including phenoxy) is 3. The minimum absolute atomic E-state index is 0.0429. The zero-order valence-electron chi connectivity index (χ0n) is 22.3. The lowest BCUT2D eigenvalue weighted by molar-refractivity contribution is -0.137. The van der Waals surface area contributed by atoms with Gasteiger partial charge in [0.1, 0.15) is 5.82 Å². The molecule has 0 spiro atoms. The molecule has 0 bridgehead atoms. The van der Waals surface area contributed by atoms with Gasteiger partial charge >= 0.3 is 5.97 Å². The smallest absolute Gasteiger partial charge is 0.306 e. The summed E-state index contributed by atoms with van der Waals surface area (Å²) in [5.41, 5.74) is 5.68. The van der Waals surface area contributed by atoms with Gasteiger partial charge in [-0.05, 0) is 82.8 Å². The van der Waals surface area contributed by atoms with Crippen LogP contribution in [-0.2, 0) is 23.2 Å². The summed E-state index contributed by atoms with van der Waals surface area (Å²) in [6.07, 6.45) is 3.77. The molecule has 204 valence electrons. The summed E-state index contributed by atoms with van der Waals surface area (Å²) in [7, 11) is 4.89. The standard InChI is InChI=1S/C30H31FN2O6/c1-18-23(12-19-13-26(37-3)30(27(14-19)38-4)39-11-9-29(35)36)22-8-7-20(31)15-25(22)24(18)16-28(34)32-17-21-6-5-10-33(21)2/h5-8,10,12-15H,9,11,16-17H2,1-4H3,(H,32,34)(H,35,36). The number of rotatable bonds is 11. The molecule has 39 heavy (non-hydrogen) atoms. The molecule has 0 unspecified atom stereocenters. The molecule has 0 fully saturated rings. The largest absolute Gasteiger partial charge is 0.493 e. The van der Waals surface area contributed by atoms with E-state index in [9.17, 15) is 14.0 Å². The average molecular weight is 535 g/mol. The molecule has 0 saturated carbocycles. The van der Waals surface area contributed by atoms with Crippen molar-refractivity contribution >= 4 is 29.1 Å². The Labute approximate surface area is 226 Å². The van der Waals surface area contributed by atoms with Crippen molar-refractivity contribution in [3.8, 4) is 17.2 Å². The van der Waals surface area contributed by atoms with E-state index in [1.807, 2.05) is 42.9 Å². The lowest BCUT2D eigenvalue weighted by atomic mass is 10.00. The number of fused-ring (bicyclic) bond motifs is 1. The van der Waals surface area contributed by atoms with Crippen molar-refractivity contribution in [2.45, 2.75) is 26.3 Å². The van der Waals surface area contributed by atoms with Crippen molar-refractivity contribution in [2.24, 2.45) is 7.05 Å². The Morgan fingerprint density at radius 2 is 1.79 bits per heavy atom. The molecule has 0 saturated heterocycles. The Bertz CT molecular complexity index is 1440. The number of nitrogens with one attached hydrogen (secondary N) is 1. The van der Waals surface area contributed by atoms with Crippen LogP contribution in [0.5, 0.6) is 17.2 Å². The fourth-order valence-corrected chi connectivity index (χ4v) is 4.61. The van der Waals surface area contributed by atoms with Gasteiger partial charge in [0, 0.05) is 18.9 Å². The van der Waals surface area contributed by atoms with Gasteiger partial charge in [-0.15, -0.1) is 0 Å². The van der Waals surface area contributed by atoms with Crippen LogP contribution in [0.15, 0.2) is 54.2 Å². The molecule has 1 aromatic heterocycles. The maximum atomic E-state index is 14.3. The summed E-state index contributed by atoms with van der Waals surface area (Å²) in [5.74, 6) is -0.446. The fourth-order valence-electron chi connectivity index (χ4n) is 4.61. The van der Waals surface area contributed by atoms with Gasteiger partial charge in [-0.25, -0.2) is 4.39 Å². The molecule has 2 N–H and O–H groups in total. The van der Waals surface area contributed by atoms with Crippen LogP contribution in [0.3, 0.4) is 0 Å². The van der Waals surface area contributed by atoms with E-state index in [2.05, 4.69) is 5.32 Å². The predicted octanol–water partition coefficient (Wildman–Crippen LogP) is 5.07. The number of aryl methyl sites for hydroxylation is 1. The second kappa shape index (κ2) is 11.9. The van der Waals surface area contributed by atoms with Crippen molar-refractivity contribution in [3.05, 3.63) is 82.4 Å². The first-order valence-corrected chi connectivity index (χ1v) is 12.4. The number of nitrogens with zero attached hydrogens (tertiary/aromatic N) is 1. The highest BCUT2D eigenvalue weighted by Crippen LogP contribution is 2.45. The molecular formula is C30H31FN2O6. The summed E-state index contributed by atoms with van der Waals surface area (Å²) in [6, 6.07) is 11.9. The van der Waals surface area contributed by atoms with Crippen LogP contribution in [0.4, 0.5) is 4.39 Å². The van der Waals surface area contributed by atoms with E-state index < -0.39 is 5.97 Å². The highest BCUT2D eigenvalue weighted by Gasteiger charge is 2.26. The van der Waals surface area contributed by atoms with Gasteiger partial charge in [0.2, 0.25) is 11.7 Å². The molecule has 4 rings (SSSR count). The summed E-state index contributed by atoms with van der Waals surface area (Å²) < 4.78 is 32.9. The first-order chi connectivity index (χ1) is 18.7. The summed E-state index contributed by atoms with van der Waals surface area (Å²) in [5, 5.41) is 11.9. The van der Waals surface area contributed by atoms with Gasteiger partial charge in [-0.3, -0.25) is 9.59 Å². The second-order valence-corrected chi connectivity index (χ2v) is 9.16. The highest BCUT2D eigenvalue weighted by atomic mass is 19.1. The SMILES string of the molecule is COc1cc(C=C2C(C)=C(CC(=O)NCc3cccn3C)c3cc(F)ccc32)cc(OC)c1OCCC(=O)O. The number of aromatic nitrogens is 1. The summed E-state index contributed by atoms with van der Waals surface area (Å²) in [6.45, 7) is 2.27. The molecule has 0 atom stereocenters. The Balaban J connectivity index is 1.66. The van der Waals surface area contributed by atoms with Gasteiger partial charge in [0.15, 0.2) is 11.5 Å². The number of hydrogen-bond acceptors (Lipinski definition) is 5. The van der Waals surface area contributed by atoms with Crippen molar-refractivity contribution in [1.82, 2.24) is 9.88 Å². The number of carboxylic acids is 1. The third-order valence-corrected chi connectivity index (χ3v) is 6.67. The van der Waals surface area contributed by atoms with E-state index >= 15 is 0 Å². The van der Waals surface area contributed by atoms with Gasteiger partial charge in [0.25, 0.3) is 0 Å². The van der Waals surface area contributed by atoms with Crippen LogP contribution in [0.25, 0.3) is 17.2 Å². The molecule has 0 radical (unpaired) electrons. The summed E-state index contributed by atoms with van der Waals surface area (Å²) in [4.78, 5) is 23.8. The minimum atomic E-state index is -0.975. The maximum absolute atomic E-state index is 14.3. The van der Waals surface area contributed by atoms with Crippen molar-refractivity contribution in [2.75, 3.05) is 20.8 Å². The lowest BCUT2D eigenvalue weighted by Crippen LogP contribution is -2.23. The molecule has 3 aromatic rings. The van der Waals surface area contributed by atoms with E-state index in [0.29, 0.717) is 29.4 Å². The zero-order valence-corrected chi connectivity index (χ0v) is 22.3. The molecule has 8 nitrogen and oxygen atoms in total. The fraction of sp³-hybridized carbons (Fsp3) is 0.267. The monoisotopic (exact) mass is 534 g/mol. The summed E-state index contributed by atoms with van der Waals surface area (Å²) >= 11 is 0. The van der Waals surface area contributed by atoms with E-state index in [1.54, 1.807) is 18.2 Å². The topological polar surface area (TPSA) is 99.0 Å². The number of carbonyl (C=O) groups excluding carboxylic acids is 1. The number of allylic oxidation sites excluding steroid dienone is 2. The number of amides is 1. The van der Waals surface area contributed by atoms with Crippen molar-refractivity contribution in [1.29, 1.82) is 0 Å². The molecule has 1 aliphatic rings. The van der Waals surface area contributed by atoms with Crippen LogP contribution >= 0.6 is 0 Å². The first kappa shape index (κ1) is 27.5. The third kappa shape index (κ3) is 6.14. The average Bonchev–Trinajstić information content (AvgIpc) is 3.43. The molecule has 1 amide bonds. The van der Waals surface area contributed by atoms with Gasteiger partial charge in [-0.1, -0.05) is 6.07 Å². The number of benzene rings is 2. The lowest BCUT2D eigenvalue weighted by Gasteiger charge is -2.15. The second-order valence-electron chi connectivity index (χ2n) is 9.16. The van der Waals surface area contributed by atoms with E-state index in [4.69, 9.17) is 19.3 Å². The Morgan fingerprint density at radius 1 is 1.08 bits per heavy atom. The van der Waals surface area contributed by atoms with Crippen LogP contribution in [0, 0.1) is 5.82 Å². The molecule has 9 heteroatoms. The quantitative estimate of drug-likeness (QED) is 0.357. The zero-order chi connectivity index (χ0) is 28.1. The molecule has 0 aliphatic heterocycles. The number of halogens is 1. The van der Waals surface area contributed by atoms with Crippen LogP contribution in [0.1, 0.15) is 42.1 Å². The molecule has 1 aliphatic carbocycles. The third-order valence-electron chi connectivity index (χ3n) is 6.67. The van der Waals surface area contributed by atoms with Crippen LogP contribution in [-0.4, -0.2) is 42.4 Å². The maximum Gasteiger partial charge on any atom is 0.306 e. The number of carbonyl (C=O) groups is 2. The number of methoxy groups -OCH3 is 2. The highest BCUT2D eigenvalue weighted by molar-refractivity contribution is 6.08. The van der Waals surface area contributed by atoms with E-state index in [0.717, 1.165) is 33.5 Å². The van der Waals surface area contributed by atoms with Gasteiger partial charge < -0.3 is 29.2 Å². The van der Waals surface area contributed by atoms with Gasteiger partial charge in [0.05, 0.1) is 40.2 Å². The molecule has 2 aromatic carbocycles. The number of hydrogen-bond donors (Lipinski definition) is 2.